The maximum atomic E-state index is 13.3. The molecule has 2 aromatic rings. The summed E-state index contributed by atoms with van der Waals surface area (Å²) in [6.07, 6.45) is 1.11. The van der Waals surface area contributed by atoms with E-state index in [9.17, 15) is 13.2 Å². The van der Waals surface area contributed by atoms with Gasteiger partial charge in [-0.3, -0.25) is 14.0 Å². The van der Waals surface area contributed by atoms with Crippen molar-refractivity contribution in [2.75, 3.05) is 29.5 Å². The second kappa shape index (κ2) is 9.74. The molecule has 0 bridgehead atoms. The van der Waals surface area contributed by atoms with Crippen LogP contribution in [0.2, 0.25) is 0 Å². The van der Waals surface area contributed by atoms with Crippen molar-refractivity contribution in [3.05, 3.63) is 54.1 Å². The largest absolute Gasteiger partial charge is 0.492 e. The van der Waals surface area contributed by atoms with Crippen LogP contribution in [0.3, 0.4) is 0 Å². The Morgan fingerprint density at radius 2 is 1.90 bits per heavy atom. The number of thioether (sulfide) groups is 1. The predicted octanol–water partition coefficient (Wildman–Crippen LogP) is 3.81. The van der Waals surface area contributed by atoms with E-state index < -0.39 is 10.0 Å². The molecule has 1 saturated heterocycles. The van der Waals surface area contributed by atoms with Gasteiger partial charge in [0.1, 0.15) is 18.0 Å². The first-order valence-corrected chi connectivity index (χ1v) is 12.8. The summed E-state index contributed by atoms with van der Waals surface area (Å²) in [4.78, 5) is 19.6. The van der Waals surface area contributed by atoms with E-state index in [0.29, 0.717) is 34.7 Å². The van der Waals surface area contributed by atoms with Gasteiger partial charge < -0.3 is 4.74 Å². The zero-order valence-electron chi connectivity index (χ0n) is 18.1. The quantitative estimate of drug-likeness (QED) is 0.626. The van der Waals surface area contributed by atoms with Crippen molar-refractivity contribution in [3.8, 4) is 5.75 Å². The first-order chi connectivity index (χ1) is 14.7. The standard InChI is InChI=1S/C22H27N3O4S2/c1-5-29-20-13-9-7-11-18(20)23-22-25(17(3)15-30-22)21(26)14-24(31(4,27)28)19-12-8-6-10-16(19)2/h6-13,17H,5,14-15H2,1-4H3. The Morgan fingerprint density at radius 1 is 1.23 bits per heavy atom. The molecule has 0 saturated carbocycles. The van der Waals surface area contributed by atoms with Crippen LogP contribution in [0.15, 0.2) is 53.5 Å². The van der Waals surface area contributed by atoms with Gasteiger partial charge in [0.15, 0.2) is 5.17 Å². The molecule has 1 heterocycles. The highest BCUT2D eigenvalue weighted by atomic mass is 32.2. The van der Waals surface area contributed by atoms with E-state index in [0.717, 1.165) is 16.1 Å². The fourth-order valence-electron chi connectivity index (χ4n) is 3.32. The number of amidine groups is 1. The number of amides is 1. The molecular weight excluding hydrogens is 434 g/mol. The first-order valence-electron chi connectivity index (χ1n) is 10.0. The number of aliphatic imine (C=N–C) groups is 1. The number of hydrogen-bond acceptors (Lipinski definition) is 6. The molecule has 1 aliphatic heterocycles. The normalized spacial score (nSPS) is 17.7. The van der Waals surface area contributed by atoms with Gasteiger partial charge in [0.25, 0.3) is 0 Å². The summed E-state index contributed by atoms with van der Waals surface area (Å²) >= 11 is 1.47. The summed E-state index contributed by atoms with van der Waals surface area (Å²) in [5.74, 6) is 1.01. The minimum Gasteiger partial charge on any atom is -0.492 e. The lowest BCUT2D eigenvalue weighted by molar-refractivity contribution is -0.126. The highest BCUT2D eigenvalue weighted by Gasteiger charge is 2.35. The summed E-state index contributed by atoms with van der Waals surface area (Å²) in [5, 5.41) is 0.544. The van der Waals surface area contributed by atoms with Crippen molar-refractivity contribution in [2.24, 2.45) is 4.99 Å². The number of para-hydroxylation sites is 3. The molecule has 9 heteroatoms. The van der Waals surface area contributed by atoms with Crippen LogP contribution in [0.5, 0.6) is 5.75 Å². The van der Waals surface area contributed by atoms with E-state index >= 15 is 0 Å². The van der Waals surface area contributed by atoms with E-state index in [2.05, 4.69) is 4.99 Å². The lowest BCUT2D eigenvalue weighted by Gasteiger charge is -2.27. The molecular formula is C22H27N3O4S2. The van der Waals surface area contributed by atoms with Gasteiger partial charge in [-0.15, -0.1) is 0 Å². The van der Waals surface area contributed by atoms with Gasteiger partial charge >= 0.3 is 0 Å². The molecule has 1 unspecified atom stereocenters. The van der Waals surface area contributed by atoms with Gasteiger partial charge in [-0.2, -0.15) is 0 Å². The monoisotopic (exact) mass is 461 g/mol. The van der Waals surface area contributed by atoms with Crippen molar-refractivity contribution in [1.82, 2.24) is 4.90 Å². The van der Waals surface area contributed by atoms with Crippen LogP contribution >= 0.6 is 11.8 Å². The highest BCUT2D eigenvalue weighted by molar-refractivity contribution is 8.14. The number of nitrogens with zero attached hydrogens (tertiary/aromatic N) is 3. The molecule has 0 aromatic heterocycles. The molecule has 166 valence electrons. The zero-order chi connectivity index (χ0) is 22.6. The number of carbonyl (C=O) groups excluding carboxylic acids is 1. The molecule has 0 spiro atoms. The average molecular weight is 462 g/mol. The lowest BCUT2D eigenvalue weighted by Crippen LogP contribution is -2.46. The number of aryl methyl sites for hydroxylation is 1. The van der Waals surface area contributed by atoms with Crippen LogP contribution in [-0.4, -0.2) is 55.6 Å². The number of hydrogen-bond donors (Lipinski definition) is 0. The Bertz CT molecular complexity index is 1090. The maximum Gasteiger partial charge on any atom is 0.249 e. The minimum atomic E-state index is -3.65. The second-order valence-electron chi connectivity index (χ2n) is 7.28. The summed E-state index contributed by atoms with van der Waals surface area (Å²) in [7, 11) is -3.65. The third-order valence-electron chi connectivity index (χ3n) is 4.81. The van der Waals surface area contributed by atoms with Gasteiger partial charge in [-0.1, -0.05) is 42.1 Å². The van der Waals surface area contributed by atoms with E-state index in [4.69, 9.17) is 4.74 Å². The SMILES string of the molecule is CCOc1ccccc1N=C1SCC(C)N1C(=O)CN(c1ccccc1C)S(C)(=O)=O. The summed E-state index contributed by atoms with van der Waals surface area (Å²) in [6.45, 7) is 5.87. The van der Waals surface area contributed by atoms with Gasteiger partial charge in [-0.25, -0.2) is 13.4 Å². The fourth-order valence-corrected chi connectivity index (χ4v) is 5.35. The van der Waals surface area contributed by atoms with Crippen molar-refractivity contribution in [2.45, 2.75) is 26.8 Å². The number of rotatable bonds is 7. The molecule has 3 rings (SSSR count). The van der Waals surface area contributed by atoms with Gasteiger partial charge in [0, 0.05) is 11.8 Å². The molecule has 1 aliphatic rings. The third kappa shape index (κ3) is 5.40. The predicted molar refractivity (Wildman–Crippen MR) is 127 cm³/mol. The minimum absolute atomic E-state index is 0.103. The van der Waals surface area contributed by atoms with Gasteiger partial charge in [0.2, 0.25) is 15.9 Å². The number of ether oxygens (including phenoxy) is 1. The fraction of sp³-hybridized carbons (Fsp3) is 0.364. The van der Waals surface area contributed by atoms with E-state index in [1.54, 1.807) is 17.0 Å². The molecule has 0 radical (unpaired) electrons. The van der Waals surface area contributed by atoms with Crippen LogP contribution in [0.1, 0.15) is 19.4 Å². The topological polar surface area (TPSA) is 79.3 Å². The lowest BCUT2D eigenvalue weighted by atomic mass is 10.2. The van der Waals surface area contributed by atoms with E-state index in [1.165, 1.54) is 11.8 Å². The molecule has 31 heavy (non-hydrogen) atoms. The van der Waals surface area contributed by atoms with Crippen LogP contribution in [0, 0.1) is 6.92 Å². The summed E-state index contributed by atoms with van der Waals surface area (Å²) in [6, 6.07) is 14.4. The molecule has 1 fully saturated rings. The number of carbonyl (C=O) groups is 1. The Hall–Kier alpha value is -2.52. The van der Waals surface area contributed by atoms with Crippen LogP contribution in [0.4, 0.5) is 11.4 Å². The maximum absolute atomic E-state index is 13.3. The third-order valence-corrected chi connectivity index (χ3v) is 7.14. The molecule has 1 amide bonds. The smallest absolute Gasteiger partial charge is 0.249 e. The van der Waals surface area contributed by atoms with E-state index in [1.807, 2.05) is 57.2 Å². The summed E-state index contributed by atoms with van der Waals surface area (Å²) < 4.78 is 31.8. The van der Waals surface area contributed by atoms with Crippen LogP contribution < -0.4 is 9.04 Å². The Kier molecular flexibility index (Phi) is 7.27. The number of sulfonamides is 1. The van der Waals surface area contributed by atoms with Crippen molar-refractivity contribution >= 4 is 44.2 Å². The Balaban J connectivity index is 1.92. The Labute approximate surface area is 188 Å². The number of benzene rings is 2. The van der Waals surface area contributed by atoms with Gasteiger partial charge in [-0.05, 0) is 44.5 Å². The molecule has 0 N–H and O–H groups in total. The van der Waals surface area contributed by atoms with Crippen molar-refractivity contribution in [3.63, 3.8) is 0 Å². The highest BCUT2D eigenvalue weighted by Crippen LogP contribution is 2.32. The molecule has 2 aromatic carbocycles. The zero-order valence-corrected chi connectivity index (χ0v) is 19.7. The molecule has 0 aliphatic carbocycles. The molecule has 1 atom stereocenters. The van der Waals surface area contributed by atoms with Crippen LogP contribution in [-0.2, 0) is 14.8 Å². The molecule has 7 nitrogen and oxygen atoms in total. The van der Waals surface area contributed by atoms with Gasteiger partial charge in [0.05, 0.1) is 18.6 Å². The number of anilines is 1. The van der Waals surface area contributed by atoms with E-state index in [-0.39, 0.29) is 18.5 Å². The van der Waals surface area contributed by atoms with Crippen molar-refractivity contribution < 1.29 is 17.9 Å². The van der Waals surface area contributed by atoms with Crippen LogP contribution in [0.25, 0.3) is 0 Å². The second-order valence-corrected chi connectivity index (χ2v) is 10.2. The average Bonchev–Trinajstić information content (AvgIpc) is 3.08. The summed E-state index contributed by atoms with van der Waals surface area (Å²) in [5.41, 5.74) is 1.92. The Morgan fingerprint density at radius 3 is 2.58 bits per heavy atom. The van der Waals surface area contributed by atoms with Crippen molar-refractivity contribution in [1.29, 1.82) is 0 Å². The first kappa shape index (κ1) is 23.1.